The smallest absolute Gasteiger partial charge is 0.00965 e. The van der Waals surface area contributed by atoms with Gasteiger partial charge in [-0.25, -0.2) is 0 Å². The van der Waals surface area contributed by atoms with E-state index in [0.29, 0.717) is 0 Å². The van der Waals surface area contributed by atoms with Gasteiger partial charge >= 0.3 is 0 Å². The van der Waals surface area contributed by atoms with E-state index in [2.05, 4.69) is 45.0 Å². The summed E-state index contributed by atoms with van der Waals surface area (Å²) < 4.78 is 0. The van der Waals surface area contributed by atoms with Gasteiger partial charge < -0.3 is 10.2 Å². The van der Waals surface area contributed by atoms with Crippen LogP contribution in [0.25, 0.3) is 0 Å². The van der Waals surface area contributed by atoms with E-state index in [1.54, 1.807) is 0 Å². The molecule has 0 atom stereocenters. The van der Waals surface area contributed by atoms with Crippen molar-refractivity contribution in [2.24, 2.45) is 0 Å². The highest BCUT2D eigenvalue weighted by atomic mass is 15.1. The van der Waals surface area contributed by atoms with Crippen molar-refractivity contribution in [3.05, 3.63) is 0 Å². The Morgan fingerprint density at radius 1 is 1.15 bits per heavy atom. The fourth-order valence-corrected chi connectivity index (χ4v) is 1.13. The van der Waals surface area contributed by atoms with Crippen LogP contribution in [0.2, 0.25) is 0 Å². The van der Waals surface area contributed by atoms with Gasteiger partial charge in [-0.15, -0.1) is 0 Å². The third-order valence-corrected chi connectivity index (χ3v) is 2.16. The highest BCUT2D eigenvalue weighted by Crippen LogP contribution is 1.99. The molecule has 0 aromatic carbocycles. The molecule has 0 amide bonds. The molecule has 0 bridgehead atoms. The molecule has 0 aromatic heterocycles. The molecular weight excluding hydrogens is 160 g/mol. The summed E-state index contributed by atoms with van der Waals surface area (Å²) >= 11 is 0. The summed E-state index contributed by atoms with van der Waals surface area (Å²) in [6.07, 6.45) is 2.58. The molecule has 0 radical (unpaired) electrons. The van der Waals surface area contributed by atoms with Crippen molar-refractivity contribution < 1.29 is 0 Å². The molecule has 0 heterocycles. The Bertz CT molecular complexity index is 116. The van der Waals surface area contributed by atoms with Crippen molar-refractivity contribution in [2.75, 3.05) is 26.7 Å². The summed E-state index contributed by atoms with van der Waals surface area (Å²) in [5.74, 6) is 0. The van der Waals surface area contributed by atoms with Gasteiger partial charge in [0.25, 0.3) is 0 Å². The third-order valence-electron chi connectivity index (χ3n) is 2.16. The van der Waals surface area contributed by atoms with Crippen LogP contribution >= 0.6 is 0 Å². The number of rotatable bonds is 6. The first-order valence-electron chi connectivity index (χ1n) is 5.39. The summed E-state index contributed by atoms with van der Waals surface area (Å²) in [6.45, 7) is 12.4. The molecule has 1 N–H and O–H groups in total. The molecule has 0 saturated heterocycles. The monoisotopic (exact) mass is 186 g/mol. The standard InChI is InChI=1S/C11H26N2/c1-6-13(5)10-8-7-9-12-11(2,3)4/h12H,6-10H2,1-5H3. The fourth-order valence-electron chi connectivity index (χ4n) is 1.13. The largest absolute Gasteiger partial charge is 0.312 e. The highest BCUT2D eigenvalue weighted by Gasteiger charge is 2.06. The van der Waals surface area contributed by atoms with Crippen LogP contribution in [0.15, 0.2) is 0 Å². The molecule has 0 fully saturated rings. The lowest BCUT2D eigenvalue weighted by Gasteiger charge is -2.21. The van der Waals surface area contributed by atoms with Gasteiger partial charge in [0.15, 0.2) is 0 Å². The molecule has 0 unspecified atom stereocenters. The Morgan fingerprint density at radius 2 is 1.77 bits per heavy atom. The molecule has 13 heavy (non-hydrogen) atoms. The molecule has 2 heteroatoms. The first kappa shape index (κ1) is 12.9. The van der Waals surface area contributed by atoms with E-state index in [1.807, 2.05) is 0 Å². The van der Waals surface area contributed by atoms with Gasteiger partial charge in [0.05, 0.1) is 0 Å². The number of nitrogens with zero attached hydrogens (tertiary/aromatic N) is 1. The molecule has 80 valence electrons. The predicted octanol–water partition coefficient (Wildman–Crippen LogP) is 2.11. The van der Waals surface area contributed by atoms with Gasteiger partial charge in [-0.3, -0.25) is 0 Å². The molecule has 0 aliphatic carbocycles. The van der Waals surface area contributed by atoms with Crippen molar-refractivity contribution >= 4 is 0 Å². The minimum atomic E-state index is 0.274. The van der Waals surface area contributed by atoms with Crippen molar-refractivity contribution in [3.8, 4) is 0 Å². The SMILES string of the molecule is CCN(C)CCCCNC(C)(C)C. The summed E-state index contributed by atoms with van der Waals surface area (Å²) in [6, 6.07) is 0. The lowest BCUT2D eigenvalue weighted by atomic mass is 10.1. The zero-order valence-electron chi connectivity index (χ0n) is 9.98. The summed E-state index contributed by atoms with van der Waals surface area (Å²) in [5.41, 5.74) is 0.274. The topological polar surface area (TPSA) is 15.3 Å². The van der Waals surface area contributed by atoms with Crippen LogP contribution in [0.3, 0.4) is 0 Å². The van der Waals surface area contributed by atoms with Gasteiger partial charge in [0, 0.05) is 5.54 Å². The van der Waals surface area contributed by atoms with Gasteiger partial charge in [-0.05, 0) is 60.3 Å². The quantitative estimate of drug-likeness (QED) is 0.639. The Kier molecular flexibility index (Phi) is 6.35. The van der Waals surface area contributed by atoms with Gasteiger partial charge in [-0.2, -0.15) is 0 Å². The van der Waals surface area contributed by atoms with Crippen LogP contribution in [-0.4, -0.2) is 37.1 Å². The molecule has 0 aliphatic rings. The van der Waals surface area contributed by atoms with Crippen LogP contribution in [0.4, 0.5) is 0 Å². The van der Waals surface area contributed by atoms with Gasteiger partial charge in [0.1, 0.15) is 0 Å². The average Bonchev–Trinajstić information content (AvgIpc) is 2.01. The maximum atomic E-state index is 3.50. The first-order valence-corrected chi connectivity index (χ1v) is 5.39. The minimum Gasteiger partial charge on any atom is -0.312 e. The second-order valence-corrected chi connectivity index (χ2v) is 4.78. The molecule has 0 aromatic rings. The normalized spacial score (nSPS) is 12.5. The lowest BCUT2D eigenvalue weighted by Crippen LogP contribution is -2.36. The van der Waals surface area contributed by atoms with E-state index in [1.165, 1.54) is 19.4 Å². The number of hydrogen-bond donors (Lipinski definition) is 1. The molecule has 0 spiro atoms. The Hall–Kier alpha value is -0.0800. The zero-order chi connectivity index (χ0) is 10.3. The molecule has 0 saturated carbocycles. The van der Waals surface area contributed by atoms with Crippen molar-refractivity contribution in [3.63, 3.8) is 0 Å². The number of unbranched alkanes of at least 4 members (excludes halogenated alkanes) is 1. The Balaban J connectivity index is 3.18. The second kappa shape index (κ2) is 6.39. The van der Waals surface area contributed by atoms with Gasteiger partial charge in [0.2, 0.25) is 0 Å². The van der Waals surface area contributed by atoms with E-state index >= 15 is 0 Å². The van der Waals surface area contributed by atoms with Crippen LogP contribution in [0.5, 0.6) is 0 Å². The molecular formula is C11H26N2. The second-order valence-electron chi connectivity index (χ2n) is 4.78. The molecule has 0 rings (SSSR count). The van der Waals surface area contributed by atoms with E-state index in [9.17, 15) is 0 Å². The zero-order valence-corrected chi connectivity index (χ0v) is 9.98. The van der Waals surface area contributed by atoms with E-state index < -0.39 is 0 Å². The molecule has 0 aliphatic heterocycles. The number of hydrogen-bond acceptors (Lipinski definition) is 2. The maximum Gasteiger partial charge on any atom is 0.00965 e. The van der Waals surface area contributed by atoms with Gasteiger partial charge in [-0.1, -0.05) is 6.92 Å². The fraction of sp³-hybridized carbons (Fsp3) is 1.00. The first-order chi connectivity index (χ1) is 5.95. The Morgan fingerprint density at radius 3 is 2.23 bits per heavy atom. The minimum absolute atomic E-state index is 0.274. The van der Waals surface area contributed by atoms with Crippen molar-refractivity contribution in [2.45, 2.75) is 46.1 Å². The van der Waals surface area contributed by atoms with Crippen molar-refractivity contribution in [1.29, 1.82) is 0 Å². The van der Waals surface area contributed by atoms with Crippen LogP contribution in [-0.2, 0) is 0 Å². The lowest BCUT2D eigenvalue weighted by molar-refractivity contribution is 0.335. The maximum absolute atomic E-state index is 3.50. The Labute approximate surface area is 83.7 Å². The highest BCUT2D eigenvalue weighted by molar-refractivity contribution is 4.69. The summed E-state index contributed by atoms with van der Waals surface area (Å²) in [7, 11) is 2.18. The third kappa shape index (κ3) is 9.84. The molecule has 2 nitrogen and oxygen atoms in total. The number of nitrogens with one attached hydrogen (secondary N) is 1. The van der Waals surface area contributed by atoms with Crippen LogP contribution < -0.4 is 5.32 Å². The van der Waals surface area contributed by atoms with E-state index in [0.717, 1.165) is 13.1 Å². The van der Waals surface area contributed by atoms with E-state index in [-0.39, 0.29) is 5.54 Å². The van der Waals surface area contributed by atoms with E-state index in [4.69, 9.17) is 0 Å². The van der Waals surface area contributed by atoms with Crippen molar-refractivity contribution in [1.82, 2.24) is 10.2 Å². The summed E-state index contributed by atoms with van der Waals surface area (Å²) in [5, 5.41) is 3.50. The predicted molar refractivity (Wildman–Crippen MR) is 60.2 cm³/mol. The average molecular weight is 186 g/mol. The summed E-state index contributed by atoms with van der Waals surface area (Å²) in [4.78, 5) is 2.36. The van der Waals surface area contributed by atoms with Crippen LogP contribution in [0, 0.1) is 0 Å². The van der Waals surface area contributed by atoms with Crippen LogP contribution in [0.1, 0.15) is 40.5 Å².